The van der Waals surface area contributed by atoms with Crippen LogP contribution in [0.15, 0.2) is 35.6 Å². The number of hydrazone groups is 1. The molecule has 0 fully saturated rings. The Balaban J connectivity index is 2.11. The molecule has 0 aliphatic rings. The molecule has 0 saturated carbocycles. The fourth-order valence-corrected chi connectivity index (χ4v) is 2.55. The van der Waals surface area contributed by atoms with Crippen molar-refractivity contribution in [2.24, 2.45) is 5.10 Å². The van der Waals surface area contributed by atoms with Gasteiger partial charge in [0, 0.05) is 17.5 Å². The number of H-pyrrole nitrogens is 1. The first-order valence-corrected chi connectivity index (χ1v) is 7.53. The summed E-state index contributed by atoms with van der Waals surface area (Å²) in [6, 6.07) is 5.13. The van der Waals surface area contributed by atoms with Crippen molar-refractivity contribution in [3.05, 3.63) is 52.8 Å². The number of aryl methyl sites for hydroxylation is 2. The molecular formula is C16H17F3N4S. The summed E-state index contributed by atoms with van der Waals surface area (Å²) in [5.41, 5.74) is 5.28. The van der Waals surface area contributed by atoms with Gasteiger partial charge in [0.15, 0.2) is 5.11 Å². The zero-order chi connectivity index (χ0) is 17.9. The van der Waals surface area contributed by atoms with E-state index < -0.39 is 11.7 Å². The van der Waals surface area contributed by atoms with Gasteiger partial charge < -0.3 is 10.3 Å². The molecule has 0 atom stereocenters. The van der Waals surface area contributed by atoms with Crippen molar-refractivity contribution in [2.75, 3.05) is 5.32 Å². The van der Waals surface area contributed by atoms with Gasteiger partial charge in [-0.15, -0.1) is 0 Å². The van der Waals surface area contributed by atoms with E-state index in [1.165, 1.54) is 18.2 Å². The number of thiocarbonyl (C=S) groups is 1. The molecule has 0 spiro atoms. The maximum atomic E-state index is 13.0. The van der Waals surface area contributed by atoms with Crippen LogP contribution in [0.3, 0.4) is 0 Å². The predicted octanol–water partition coefficient (Wildman–Crippen LogP) is 4.36. The van der Waals surface area contributed by atoms with Crippen LogP contribution < -0.4 is 10.7 Å². The lowest BCUT2D eigenvalue weighted by Crippen LogP contribution is -2.26. The number of para-hydroxylation sites is 1. The molecule has 4 nitrogen and oxygen atoms in total. The largest absolute Gasteiger partial charge is 0.418 e. The molecule has 1 aromatic heterocycles. The molecule has 0 bridgehead atoms. The molecule has 128 valence electrons. The van der Waals surface area contributed by atoms with Crippen LogP contribution in [0.5, 0.6) is 0 Å². The Labute approximate surface area is 143 Å². The Hall–Kier alpha value is -2.35. The van der Waals surface area contributed by atoms with E-state index >= 15 is 0 Å². The van der Waals surface area contributed by atoms with Crippen molar-refractivity contribution in [3.8, 4) is 0 Å². The number of rotatable bonds is 3. The van der Waals surface area contributed by atoms with Gasteiger partial charge in [0.25, 0.3) is 0 Å². The molecule has 0 unspecified atom stereocenters. The van der Waals surface area contributed by atoms with Gasteiger partial charge in [0.05, 0.1) is 17.0 Å². The predicted molar refractivity (Wildman–Crippen MR) is 93.3 cm³/mol. The van der Waals surface area contributed by atoms with E-state index in [2.05, 4.69) is 20.8 Å². The monoisotopic (exact) mass is 354 g/mol. The van der Waals surface area contributed by atoms with Crippen molar-refractivity contribution < 1.29 is 13.2 Å². The van der Waals surface area contributed by atoms with Gasteiger partial charge in [-0.05, 0) is 50.7 Å². The van der Waals surface area contributed by atoms with Crippen LogP contribution in [0.1, 0.15) is 29.3 Å². The summed E-state index contributed by atoms with van der Waals surface area (Å²) in [6.45, 7) is 5.65. The lowest BCUT2D eigenvalue weighted by atomic mass is 10.1. The first kappa shape index (κ1) is 18.0. The molecule has 0 aliphatic heterocycles. The molecule has 0 radical (unpaired) electrons. The molecule has 1 heterocycles. The second kappa shape index (κ2) is 7.04. The molecule has 24 heavy (non-hydrogen) atoms. The van der Waals surface area contributed by atoms with Crippen molar-refractivity contribution >= 4 is 28.7 Å². The lowest BCUT2D eigenvalue weighted by Gasteiger charge is -2.14. The Morgan fingerprint density at radius 1 is 1.21 bits per heavy atom. The average molecular weight is 354 g/mol. The number of aromatic amines is 1. The van der Waals surface area contributed by atoms with Gasteiger partial charge in [-0.1, -0.05) is 12.1 Å². The Morgan fingerprint density at radius 3 is 2.46 bits per heavy atom. The molecule has 2 rings (SSSR count). The van der Waals surface area contributed by atoms with Gasteiger partial charge in [-0.2, -0.15) is 18.3 Å². The highest BCUT2D eigenvalue weighted by atomic mass is 32.1. The molecule has 8 heteroatoms. The Kier molecular flexibility index (Phi) is 5.28. The normalized spacial score (nSPS) is 12.2. The third-order valence-electron chi connectivity index (χ3n) is 3.44. The second-order valence-corrected chi connectivity index (χ2v) is 5.69. The number of hydrogen-bond acceptors (Lipinski definition) is 2. The van der Waals surface area contributed by atoms with E-state index in [1.54, 1.807) is 6.92 Å². The van der Waals surface area contributed by atoms with Gasteiger partial charge in [-0.25, -0.2) is 0 Å². The first-order chi connectivity index (χ1) is 11.2. The fraction of sp³-hybridized carbons (Fsp3) is 0.250. The summed E-state index contributed by atoms with van der Waals surface area (Å²) in [7, 11) is 0. The van der Waals surface area contributed by atoms with E-state index in [9.17, 15) is 13.2 Å². The Morgan fingerprint density at radius 2 is 1.88 bits per heavy atom. The SMILES string of the molecule is C/C(=N\NC(=S)Nc1ccccc1C(F)(F)F)c1c(C)c[nH]c1C. The van der Waals surface area contributed by atoms with E-state index in [1.807, 2.05) is 20.0 Å². The molecular weight excluding hydrogens is 337 g/mol. The highest BCUT2D eigenvalue weighted by Gasteiger charge is 2.33. The van der Waals surface area contributed by atoms with E-state index in [4.69, 9.17) is 12.2 Å². The number of anilines is 1. The molecule has 3 N–H and O–H groups in total. The summed E-state index contributed by atoms with van der Waals surface area (Å²) < 4.78 is 38.9. The number of nitrogens with one attached hydrogen (secondary N) is 3. The quantitative estimate of drug-likeness (QED) is 0.436. The lowest BCUT2D eigenvalue weighted by molar-refractivity contribution is -0.136. The highest BCUT2D eigenvalue weighted by molar-refractivity contribution is 7.80. The topological polar surface area (TPSA) is 52.2 Å². The summed E-state index contributed by atoms with van der Waals surface area (Å²) in [4.78, 5) is 3.09. The molecule has 0 amide bonds. The summed E-state index contributed by atoms with van der Waals surface area (Å²) in [6.07, 6.45) is -2.60. The van der Waals surface area contributed by atoms with Gasteiger partial charge >= 0.3 is 6.18 Å². The van der Waals surface area contributed by atoms with Crippen molar-refractivity contribution in [2.45, 2.75) is 26.9 Å². The number of hydrogen-bond donors (Lipinski definition) is 3. The first-order valence-electron chi connectivity index (χ1n) is 7.12. The highest BCUT2D eigenvalue weighted by Crippen LogP contribution is 2.34. The molecule has 0 aliphatic carbocycles. The minimum atomic E-state index is -4.46. The smallest absolute Gasteiger partial charge is 0.364 e. The van der Waals surface area contributed by atoms with Crippen LogP contribution in [-0.2, 0) is 6.18 Å². The number of nitrogens with zero attached hydrogens (tertiary/aromatic N) is 1. The molecule has 1 aromatic carbocycles. The maximum absolute atomic E-state index is 13.0. The molecule has 2 aromatic rings. The van der Waals surface area contributed by atoms with Crippen LogP contribution in [0, 0.1) is 13.8 Å². The van der Waals surface area contributed by atoms with Crippen molar-refractivity contribution in [3.63, 3.8) is 0 Å². The summed E-state index contributed by atoms with van der Waals surface area (Å²) >= 11 is 5.03. The third kappa shape index (κ3) is 4.14. The van der Waals surface area contributed by atoms with Crippen molar-refractivity contribution in [1.29, 1.82) is 0 Å². The van der Waals surface area contributed by atoms with E-state index in [0.29, 0.717) is 5.71 Å². The minimum absolute atomic E-state index is 0.0168. The van der Waals surface area contributed by atoms with Crippen LogP contribution in [-0.4, -0.2) is 15.8 Å². The summed E-state index contributed by atoms with van der Waals surface area (Å²) in [5.74, 6) is 0. The fourth-order valence-electron chi connectivity index (χ4n) is 2.39. The third-order valence-corrected chi connectivity index (χ3v) is 3.64. The number of alkyl halides is 3. The van der Waals surface area contributed by atoms with Crippen molar-refractivity contribution in [1.82, 2.24) is 10.4 Å². The van der Waals surface area contributed by atoms with E-state index in [-0.39, 0.29) is 10.8 Å². The average Bonchev–Trinajstić information content (AvgIpc) is 2.83. The number of aromatic nitrogens is 1. The van der Waals surface area contributed by atoms with Crippen LogP contribution in [0.2, 0.25) is 0 Å². The maximum Gasteiger partial charge on any atom is 0.418 e. The van der Waals surface area contributed by atoms with Crippen LogP contribution in [0.25, 0.3) is 0 Å². The number of benzene rings is 1. The minimum Gasteiger partial charge on any atom is -0.364 e. The zero-order valence-corrected chi connectivity index (χ0v) is 14.2. The standard InChI is InChI=1S/C16H17F3N4S/c1-9-8-20-10(2)14(9)11(3)22-23-15(24)21-13-7-5-4-6-12(13)16(17,18)19/h4-8,20H,1-3H3,(H2,21,23,24)/b22-11+. The van der Waals surface area contributed by atoms with Crippen LogP contribution in [0.4, 0.5) is 18.9 Å². The van der Waals surface area contributed by atoms with E-state index in [0.717, 1.165) is 22.9 Å². The van der Waals surface area contributed by atoms with Gasteiger partial charge in [0.2, 0.25) is 0 Å². The second-order valence-electron chi connectivity index (χ2n) is 5.28. The zero-order valence-electron chi connectivity index (χ0n) is 13.4. The molecule has 0 saturated heterocycles. The van der Waals surface area contributed by atoms with Gasteiger partial charge in [-0.3, -0.25) is 5.43 Å². The van der Waals surface area contributed by atoms with Crippen LogP contribution >= 0.6 is 12.2 Å². The summed E-state index contributed by atoms with van der Waals surface area (Å²) in [5, 5.41) is 6.65. The number of halogens is 3. The van der Waals surface area contributed by atoms with Gasteiger partial charge in [0.1, 0.15) is 0 Å². The Bertz CT molecular complexity index is 758.